The number of nitrogens with zero attached hydrogens (tertiary/aromatic N) is 2. The molecule has 138 valence electrons. The Kier molecular flexibility index (Phi) is 6.41. The van der Waals surface area contributed by atoms with Crippen LogP contribution in [-0.4, -0.2) is 42.0 Å². The van der Waals surface area contributed by atoms with Crippen LogP contribution in [0, 0.1) is 0 Å². The van der Waals surface area contributed by atoms with Crippen molar-refractivity contribution in [3.8, 4) is 0 Å². The van der Waals surface area contributed by atoms with Crippen LogP contribution in [0.15, 0.2) is 48.5 Å². The lowest BCUT2D eigenvalue weighted by atomic mass is 10.0. The van der Waals surface area contributed by atoms with Gasteiger partial charge in [-0.2, -0.15) is 0 Å². The fourth-order valence-electron chi connectivity index (χ4n) is 3.32. The molecule has 1 aliphatic heterocycles. The van der Waals surface area contributed by atoms with Gasteiger partial charge in [0, 0.05) is 30.7 Å². The van der Waals surface area contributed by atoms with Gasteiger partial charge >= 0.3 is 6.03 Å². The summed E-state index contributed by atoms with van der Waals surface area (Å²) in [6.07, 6.45) is 1.90. The predicted molar refractivity (Wildman–Crippen MR) is 108 cm³/mol. The van der Waals surface area contributed by atoms with E-state index in [0.29, 0.717) is 16.8 Å². The minimum absolute atomic E-state index is 0.0888. The molecule has 1 saturated heterocycles. The second-order valence-corrected chi connectivity index (χ2v) is 7.52. The van der Waals surface area contributed by atoms with Gasteiger partial charge in [-0.15, -0.1) is 0 Å². The second kappa shape index (κ2) is 8.76. The van der Waals surface area contributed by atoms with Crippen molar-refractivity contribution in [1.82, 2.24) is 9.80 Å². The molecule has 2 aromatic carbocycles. The lowest BCUT2D eigenvalue weighted by molar-refractivity contribution is 0.137. The summed E-state index contributed by atoms with van der Waals surface area (Å²) in [7, 11) is 2.13. The Morgan fingerprint density at radius 2 is 1.88 bits per heavy atom. The van der Waals surface area contributed by atoms with E-state index in [9.17, 15) is 4.79 Å². The van der Waals surface area contributed by atoms with Crippen molar-refractivity contribution in [3.05, 3.63) is 64.1 Å². The van der Waals surface area contributed by atoms with Crippen molar-refractivity contribution in [2.24, 2.45) is 0 Å². The number of likely N-dealkylation sites (tertiary alicyclic amines) is 1. The van der Waals surface area contributed by atoms with Gasteiger partial charge in [0.2, 0.25) is 0 Å². The van der Waals surface area contributed by atoms with Gasteiger partial charge in [0.05, 0.1) is 10.7 Å². The van der Waals surface area contributed by atoms with Gasteiger partial charge in [-0.05, 0) is 49.7 Å². The molecule has 1 N–H and O–H groups in total. The fourth-order valence-corrected chi connectivity index (χ4v) is 3.71. The van der Waals surface area contributed by atoms with Crippen molar-refractivity contribution >= 4 is 34.9 Å². The third kappa shape index (κ3) is 4.91. The van der Waals surface area contributed by atoms with E-state index in [-0.39, 0.29) is 6.03 Å². The molecule has 1 heterocycles. The Bertz CT molecular complexity index is 760. The number of nitrogens with one attached hydrogen (secondary N) is 1. The molecule has 1 aliphatic rings. The van der Waals surface area contributed by atoms with Crippen LogP contribution >= 0.6 is 23.2 Å². The topological polar surface area (TPSA) is 35.6 Å². The van der Waals surface area contributed by atoms with Gasteiger partial charge in [-0.3, -0.25) is 4.90 Å². The van der Waals surface area contributed by atoms with Crippen LogP contribution in [0.4, 0.5) is 10.5 Å². The van der Waals surface area contributed by atoms with E-state index in [4.69, 9.17) is 23.2 Å². The molecule has 0 radical (unpaired) electrons. The highest BCUT2D eigenvalue weighted by Gasteiger charge is 2.25. The molecule has 0 spiro atoms. The number of amides is 2. The molecule has 3 rings (SSSR count). The first-order valence-electron chi connectivity index (χ1n) is 8.78. The summed E-state index contributed by atoms with van der Waals surface area (Å²) >= 11 is 12.2. The smallest absolute Gasteiger partial charge is 0.321 e. The number of anilines is 1. The minimum atomic E-state index is -0.0888. The number of rotatable bonds is 4. The molecule has 0 saturated carbocycles. The van der Waals surface area contributed by atoms with Gasteiger partial charge in [0.15, 0.2) is 0 Å². The van der Waals surface area contributed by atoms with E-state index in [1.807, 2.05) is 41.3 Å². The Morgan fingerprint density at radius 3 is 2.58 bits per heavy atom. The van der Waals surface area contributed by atoms with E-state index in [1.54, 1.807) is 6.07 Å². The average molecular weight is 392 g/mol. The number of para-hydroxylation sites is 1. The van der Waals surface area contributed by atoms with E-state index >= 15 is 0 Å². The zero-order valence-electron chi connectivity index (χ0n) is 14.8. The molecule has 6 heteroatoms. The summed E-state index contributed by atoms with van der Waals surface area (Å²) in [6.45, 7) is 2.33. The van der Waals surface area contributed by atoms with Crippen molar-refractivity contribution in [2.45, 2.75) is 25.4 Å². The standard InChI is InChI=1S/C20H23Cl2N3O/c1-24(14-15-5-4-6-16(21)13-15)17-9-11-25(12-10-17)20(26)23-19-8-3-2-7-18(19)22/h2-8,13,17H,9-12,14H2,1H3,(H,23,26). The molecule has 0 unspecified atom stereocenters. The SMILES string of the molecule is CN(Cc1cccc(Cl)c1)C1CCN(C(=O)Nc2ccccc2Cl)CC1. The van der Waals surface area contributed by atoms with Crippen LogP contribution in [0.2, 0.25) is 10.0 Å². The van der Waals surface area contributed by atoms with E-state index in [1.165, 1.54) is 5.56 Å². The van der Waals surface area contributed by atoms with Gasteiger partial charge in [-0.25, -0.2) is 4.79 Å². The Hall–Kier alpha value is -1.75. The number of urea groups is 1. The molecular formula is C20H23Cl2N3O. The van der Waals surface area contributed by atoms with Gasteiger partial charge in [-0.1, -0.05) is 47.5 Å². The summed E-state index contributed by atoms with van der Waals surface area (Å²) in [5.41, 5.74) is 1.86. The number of carbonyl (C=O) groups is 1. The summed E-state index contributed by atoms with van der Waals surface area (Å²) < 4.78 is 0. The first kappa shape index (κ1) is 19.0. The van der Waals surface area contributed by atoms with Crippen molar-refractivity contribution in [1.29, 1.82) is 0 Å². The van der Waals surface area contributed by atoms with Gasteiger partial charge in [0.25, 0.3) is 0 Å². The van der Waals surface area contributed by atoms with Crippen LogP contribution in [0.1, 0.15) is 18.4 Å². The number of hydrogen-bond donors (Lipinski definition) is 1. The van der Waals surface area contributed by atoms with Crippen LogP contribution in [-0.2, 0) is 6.54 Å². The summed E-state index contributed by atoms with van der Waals surface area (Å²) in [6, 6.07) is 15.6. The number of hydrogen-bond acceptors (Lipinski definition) is 2. The Labute approximate surface area is 164 Å². The third-order valence-electron chi connectivity index (χ3n) is 4.81. The maximum Gasteiger partial charge on any atom is 0.321 e. The monoisotopic (exact) mass is 391 g/mol. The highest BCUT2D eigenvalue weighted by molar-refractivity contribution is 6.33. The Balaban J connectivity index is 1.50. The fraction of sp³-hybridized carbons (Fsp3) is 0.350. The molecule has 0 bridgehead atoms. The molecule has 2 aromatic rings. The molecular weight excluding hydrogens is 369 g/mol. The van der Waals surface area contributed by atoms with Crippen molar-refractivity contribution < 1.29 is 4.79 Å². The van der Waals surface area contributed by atoms with Gasteiger partial charge < -0.3 is 10.2 Å². The van der Waals surface area contributed by atoms with Crippen LogP contribution in [0.3, 0.4) is 0 Å². The highest BCUT2D eigenvalue weighted by atomic mass is 35.5. The molecule has 0 atom stereocenters. The highest BCUT2D eigenvalue weighted by Crippen LogP contribution is 2.23. The first-order chi connectivity index (χ1) is 12.5. The largest absolute Gasteiger partial charge is 0.324 e. The minimum Gasteiger partial charge on any atom is -0.324 e. The maximum atomic E-state index is 12.5. The number of halogens is 2. The van der Waals surface area contributed by atoms with E-state index in [0.717, 1.165) is 37.5 Å². The summed E-state index contributed by atoms with van der Waals surface area (Å²) in [4.78, 5) is 16.6. The second-order valence-electron chi connectivity index (χ2n) is 6.67. The zero-order chi connectivity index (χ0) is 18.5. The molecule has 0 aromatic heterocycles. The molecule has 2 amide bonds. The Morgan fingerprint density at radius 1 is 1.15 bits per heavy atom. The quantitative estimate of drug-likeness (QED) is 0.784. The summed E-state index contributed by atoms with van der Waals surface area (Å²) in [5, 5.41) is 4.22. The van der Waals surface area contributed by atoms with Crippen LogP contribution in [0.25, 0.3) is 0 Å². The number of carbonyl (C=O) groups excluding carboxylic acids is 1. The lowest BCUT2D eigenvalue weighted by Gasteiger charge is -2.36. The molecule has 1 fully saturated rings. The van der Waals surface area contributed by atoms with E-state index in [2.05, 4.69) is 23.3 Å². The number of benzene rings is 2. The lowest BCUT2D eigenvalue weighted by Crippen LogP contribution is -2.46. The normalized spacial score (nSPS) is 15.3. The van der Waals surface area contributed by atoms with Gasteiger partial charge in [0.1, 0.15) is 0 Å². The first-order valence-corrected chi connectivity index (χ1v) is 9.53. The van der Waals surface area contributed by atoms with Crippen LogP contribution in [0.5, 0.6) is 0 Å². The molecule has 0 aliphatic carbocycles. The van der Waals surface area contributed by atoms with E-state index < -0.39 is 0 Å². The third-order valence-corrected chi connectivity index (χ3v) is 5.38. The average Bonchev–Trinajstić information content (AvgIpc) is 2.64. The molecule has 26 heavy (non-hydrogen) atoms. The predicted octanol–water partition coefficient (Wildman–Crippen LogP) is 5.12. The zero-order valence-corrected chi connectivity index (χ0v) is 16.3. The van der Waals surface area contributed by atoms with Crippen molar-refractivity contribution in [2.75, 3.05) is 25.5 Å². The number of piperidine rings is 1. The maximum absolute atomic E-state index is 12.5. The summed E-state index contributed by atoms with van der Waals surface area (Å²) in [5.74, 6) is 0. The van der Waals surface area contributed by atoms with Crippen LogP contribution < -0.4 is 5.32 Å². The molecule has 4 nitrogen and oxygen atoms in total. The van der Waals surface area contributed by atoms with Crippen molar-refractivity contribution in [3.63, 3.8) is 0 Å².